The van der Waals surface area contributed by atoms with Crippen LogP contribution in [0.15, 0.2) is 60.8 Å². The van der Waals surface area contributed by atoms with E-state index >= 15 is 0 Å². The number of hydrogen-bond acceptors (Lipinski definition) is 3. The minimum atomic E-state index is 0.654. The maximum atomic E-state index is 5.93. The first-order chi connectivity index (χ1) is 10.3. The van der Waals surface area contributed by atoms with Gasteiger partial charge in [0.2, 0.25) is 0 Å². The molecular formula is C18H15N3. The Hall–Kier alpha value is -2.81. The van der Waals surface area contributed by atoms with Crippen LogP contribution in [0.5, 0.6) is 0 Å². The Morgan fingerprint density at radius 1 is 0.905 bits per heavy atom. The maximum absolute atomic E-state index is 5.93. The van der Waals surface area contributed by atoms with Gasteiger partial charge in [0.1, 0.15) is 0 Å². The highest BCUT2D eigenvalue weighted by molar-refractivity contribution is 5.80. The van der Waals surface area contributed by atoms with Crippen molar-refractivity contribution in [3.05, 3.63) is 71.9 Å². The van der Waals surface area contributed by atoms with Crippen molar-refractivity contribution in [2.75, 3.05) is 11.1 Å². The fourth-order valence-electron chi connectivity index (χ4n) is 2.88. The zero-order valence-corrected chi connectivity index (χ0v) is 11.5. The van der Waals surface area contributed by atoms with Crippen LogP contribution in [0.3, 0.4) is 0 Å². The molecule has 3 heteroatoms. The molecule has 0 atom stereocenters. The quantitative estimate of drug-likeness (QED) is 0.581. The Kier molecular flexibility index (Phi) is 2.64. The van der Waals surface area contributed by atoms with Crippen molar-refractivity contribution < 1.29 is 0 Å². The molecule has 0 radical (unpaired) electrons. The monoisotopic (exact) mass is 273 g/mol. The fraction of sp³-hybridized carbons (Fsp3) is 0.0556. The summed E-state index contributed by atoms with van der Waals surface area (Å²) in [7, 11) is 0. The Bertz CT molecular complexity index is 824. The number of rotatable bonds is 2. The van der Waals surface area contributed by atoms with Gasteiger partial charge in [0, 0.05) is 11.9 Å². The Balaban J connectivity index is 1.69. The third-order valence-corrected chi connectivity index (χ3v) is 3.90. The lowest BCUT2D eigenvalue weighted by molar-refractivity contribution is 1.26. The van der Waals surface area contributed by atoms with Crippen LogP contribution in [-0.4, -0.2) is 4.98 Å². The highest BCUT2D eigenvalue weighted by atomic mass is 15.0. The first-order valence-corrected chi connectivity index (χ1v) is 7.00. The van der Waals surface area contributed by atoms with Crippen molar-refractivity contribution in [1.29, 1.82) is 0 Å². The largest absolute Gasteiger partial charge is 0.396 e. The van der Waals surface area contributed by atoms with E-state index in [1.807, 2.05) is 12.1 Å². The van der Waals surface area contributed by atoms with E-state index in [4.69, 9.17) is 5.73 Å². The van der Waals surface area contributed by atoms with Crippen LogP contribution in [0, 0.1) is 0 Å². The van der Waals surface area contributed by atoms with E-state index < -0.39 is 0 Å². The molecule has 0 amide bonds. The first kappa shape index (κ1) is 12.0. The topological polar surface area (TPSA) is 50.9 Å². The normalized spacial score (nSPS) is 11.8. The average molecular weight is 273 g/mol. The van der Waals surface area contributed by atoms with Gasteiger partial charge in [-0.25, -0.2) is 4.98 Å². The van der Waals surface area contributed by atoms with E-state index in [1.54, 1.807) is 6.20 Å². The van der Waals surface area contributed by atoms with E-state index in [9.17, 15) is 0 Å². The number of nitrogens with zero attached hydrogens (tertiary/aromatic N) is 1. The number of nitrogen functional groups attached to an aromatic ring is 1. The summed E-state index contributed by atoms with van der Waals surface area (Å²) in [6.45, 7) is 0. The second-order valence-corrected chi connectivity index (χ2v) is 5.27. The molecule has 0 bridgehead atoms. The van der Waals surface area contributed by atoms with Crippen LogP contribution in [0.4, 0.5) is 17.2 Å². The Labute approximate surface area is 123 Å². The zero-order valence-electron chi connectivity index (χ0n) is 11.5. The number of nitrogens with two attached hydrogens (primary N) is 1. The Morgan fingerprint density at radius 2 is 1.76 bits per heavy atom. The summed E-state index contributed by atoms with van der Waals surface area (Å²) in [4.78, 5) is 4.27. The summed E-state index contributed by atoms with van der Waals surface area (Å²) >= 11 is 0. The number of nitrogens with one attached hydrogen (secondary N) is 1. The number of pyridine rings is 1. The van der Waals surface area contributed by atoms with Crippen LogP contribution in [0.1, 0.15) is 11.1 Å². The van der Waals surface area contributed by atoms with Crippen LogP contribution in [0.25, 0.3) is 11.1 Å². The van der Waals surface area contributed by atoms with Crippen molar-refractivity contribution in [2.45, 2.75) is 6.42 Å². The molecule has 2 aromatic carbocycles. The average Bonchev–Trinajstić information content (AvgIpc) is 2.87. The molecule has 3 N–H and O–H groups in total. The molecule has 102 valence electrons. The predicted octanol–water partition coefficient (Wildman–Crippen LogP) is 3.98. The van der Waals surface area contributed by atoms with E-state index in [0.717, 1.165) is 12.1 Å². The molecule has 0 spiro atoms. The molecule has 0 saturated heterocycles. The van der Waals surface area contributed by atoms with Gasteiger partial charge >= 0.3 is 0 Å². The first-order valence-electron chi connectivity index (χ1n) is 7.00. The molecule has 0 aliphatic heterocycles. The minimum Gasteiger partial charge on any atom is -0.396 e. The summed E-state index contributed by atoms with van der Waals surface area (Å²) in [5, 5.41) is 3.29. The molecule has 0 saturated carbocycles. The van der Waals surface area contributed by atoms with Crippen molar-refractivity contribution in [3.63, 3.8) is 0 Å². The summed E-state index contributed by atoms with van der Waals surface area (Å²) in [5.41, 5.74) is 13.0. The third kappa shape index (κ3) is 2.03. The second-order valence-electron chi connectivity index (χ2n) is 5.27. The lowest BCUT2D eigenvalue weighted by Crippen LogP contribution is -1.98. The van der Waals surface area contributed by atoms with Crippen molar-refractivity contribution in [2.24, 2.45) is 0 Å². The number of aromatic nitrogens is 1. The molecule has 3 nitrogen and oxygen atoms in total. The van der Waals surface area contributed by atoms with Gasteiger partial charge in [-0.05, 0) is 52.9 Å². The van der Waals surface area contributed by atoms with Gasteiger partial charge in [0.05, 0.1) is 5.69 Å². The van der Waals surface area contributed by atoms with Crippen LogP contribution < -0.4 is 11.1 Å². The number of hydrogen-bond donors (Lipinski definition) is 2. The highest BCUT2D eigenvalue weighted by Gasteiger charge is 2.17. The Morgan fingerprint density at radius 3 is 2.67 bits per heavy atom. The van der Waals surface area contributed by atoms with Gasteiger partial charge in [0.25, 0.3) is 0 Å². The van der Waals surface area contributed by atoms with Crippen LogP contribution in [0.2, 0.25) is 0 Å². The molecule has 3 aromatic rings. The van der Waals surface area contributed by atoms with E-state index in [2.05, 4.69) is 52.8 Å². The van der Waals surface area contributed by atoms with E-state index in [0.29, 0.717) is 11.5 Å². The fourth-order valence-corrected chi connectivity index (χ4v) is 2.88. The predicted molar refractivity (Wildman–Crippen MR) is 86.6 cm³/mol. The van der Waals surface area contributed by atoms with Gasteiger partial charge in [-0.15, -0.1) is 0 Å². The van der Waals surface area contributed by atoms with E-state index in [1.165, 1.54) is 22.3 Å². The third-order valence-electron chi connectivity index (χ3n) is 3.90. The lowest BCUT2D eigenvalue weighted by atomic mass is 10.1. The maximum Gasteiger partial charge on any atom is 0.153 e. The van der Waals surface area contributed by atoms with Gasteiger partial charge in [0.15, 0.2) is 5.82 Å². The van der Waals surface area contributed by atoms with E-state index in [-0.39, 0.29) is 0 Å². The molecule has 0 unspecified atom stereocenters. The van der Waals surface area contributed by atoms with Gasteiger partial charge in [-0.1, -0.05) is 30.3 Å². The number of fused-ring (bicyclic) bond motifs is 3. The summed E-state index contributed by atoms with van der Waals surface area (Å²) < 4.78 is 0. The SMILES string of the molecule is Nc1cccnc1Nc1ccc2c(c1)Cc1ccccc1-2. The molecule has 1 heterocycles. The molecule has 1 aromatic heterocycles. The van der Waals surface area contributed by atoms with Crippen molar-refractivity contribution in [3.8, 4) is 11.1 Å². The van der Waals surface area contributed by atoms with Gasteiger partial charge < -0.3 is 11.1 Å². The van der Waals surface area contributed by atoms with Crippen LogP contribution in [-0.2, 0) is 6.42 Å². The molecule has 1 aliphatic carbocycles. The van der Waals surface area contributed by atoms with Gasteiger partial charge in [-0.2, -0.15) is 0 Å². The van der Waals surface area contributed by atoms with Gasteiger partial charge in [-0.3, -0.25) is 0 Å². The summed E-state index contributed by atoms with van der Waals surface area (Å²) in [6.07, 6.45) is 2.72. The molecule has 4 rings (SSSR count). The highest BCUT2D eigenvalue weighted by Crippen LogP contribution is 2.38. The molecule has 1 aliphatic rings. The standard InChI is InChI=1S/C18H15N3/c19-17-6-3-9-20-18(17)21-14-7-8-16-13(11-14)10-12-4-1-2-5-15(12)16/h1-9,11H,10,19H2,(H,20,21). The number of anilines is 3. The molecule has 0 fully saturated rings. The van der Waals surface area contributed by atoms with Crippen LogP contribution >= 0.6 is 0 Å². The molecule has 21 heavy (non-hydrogen) atoms. The van der Waals surface area contributed by atoms with Crippen molar-refractivity contribution >= 4 is 17.2 Å². The summed E-state index contributed by atoms with van der Waals surface area (Å²) in [5.74, 6) is 0.702. The minimum absolute atomic E-state index is 0.654. The summed E-state index contributed by atoms with van der Waals surface area (Å²) in [6, 6.07) is 18.7. The zero-order chi connectivity index (χ0) is 14.2. The smallest absolute Gasteiger partial charge is 0.153 e. The lowest BCUT2D eigenvalue weighted by Gasteiger charge is -2.09. The second kappa shape index (κ2) is 4.63. The van der Waals surface area contributed by atoms with Crippen molar-refractivity contribution in [1.82, 2.24) is 4.98 Å². The number of benzene rings is 2. The molecular weight excluding hydrogens is 258 g/mol.